The van der Waals surface area contributed by atoms with Gasteiger partial charge in [0.05, 0.1) is 12.4 Å². The molecule has 71 heavy (non-hydrogen) atoms. The molecule has 0 unspecified atom stereocenters. The first kappa shape index (κ1) is 53.0. The number of nitrogens with zero attached hydrogens (tertiary/aromatic N) is 2. The van der Waals surface area contributed by atoms with Gasteiger partial charge in [0.2, 0.25) is 35.4 Å². The lowest BCUT2D eigenvalue weighted by Gasteiger charge is -2.28. The highest BCUT2D eigenvalue weighted by molar-refractivity contribution is 8.76. The number of hydrogen-bond acceptors (Lipinski definition) is 13. The maximum Gasteiger partial charge on any atom is 0.325 e. The number of benzene rings is 2. The Hall–Kier alpha value is -7.41. The predicted octanol–water partition coefficient (Wildman–Crippen LogP) is -0.596. The second-order valence-electron chi connectivity index (χ2n) is 17.1. The number of imide groups is 1. The summed E-state index contributed by atoms with van der Waals surface area (Å²) in [5, 5.41) is 29.9. The van der Waals surface area contributed by atoms with Crippen molar-refractivity contribution in [1.82, 2.24) is 62.4 Å². The summed E-state index contributed by atoms with van der Waals surface area (Å²) in [5.74, 6) is -6.50. The number of urea groups is 1. The van der Waals surface area contributed by atoms with Gasteiger partial charge in [-0.05, 0) is 50.8 Å². The lowest BCUT2D eigenvalue weighted by atomic mass is 10.0. The van der Waals surface area contributed by atoms with Crippen molar-refractivity contribution in [2.75, 3.05) is 18.1 Å². The highest BCUT2D eigenvalue weighted by Crippen LogP contribution is 2.27. The van der Waals surface area contributed by atoms with E-state index < -0.39 is 101 Å². The van der Waals surface area contributed by atoms with Gasteiger partial charge in [0.15, 0.2) is 11.7 Å². The summed E-state index contributed by atoms with van der Waals surface area (Å²) >= 11 is 0. The highest BCUT2D eigenvalue weighted by Gasteiger charge is 2.44. The van der Waals surface area contributed by atoms with Crippen molar-refractivity contribution in [2.24, 2.45) is 5.73 Å². The van der Waals surface area contributed by atoms with E-state index in [1.54, 1.807) is 36.5 Å². The predicted molar refractivity (Wildman–Crippen MR) is 265 cm³/mol. The van der Waals surface area contributed by atoms with Gasteiger partial charge >= 0.3 is 6.03 Å². The van der Waals surface area contributed by atoms with Gasteiger partial charge in [-0.3, -0.25) is 43.8 Å². The Morgan fingerprint density at radius 2 is 1.34 bits per heavy atom. The minimum absolute atomic E-state index is 0.0259. The number of aromatic nitrogens is 3. The number of fused-ring (bicyclic) bond motifs is 1. The molecule has 2 fully saturated rings. The molecule has 378 valence electrons. The first-order valence-corrected chi connectivity index (χ1v) is 25.3. The summed E-state index contributed by atoms with van der Waals surface area (Å²) in [4.78, 5) is 136. The molecule has 2 aliphatic rings. The van der Waals surface area contributed by atoms with E-state index in [-0.39, 0.29) is 56.1 Å². The SMILES string of the molecule is CC(=O)[C@@H]1CSSC[C@H](N2C(=O)N[C@H](C)C2=O)C(=O)N[C@H](C)C(=O)N[C@@H](Cc2cnc[nH]2)C(=O)N[C@H](Cc2ccccc2)C(=O)N[C@@H](CCCNC(=N)N)C(=O)N[C@@H](Cc2c[nH]c3ccccc23)C(=O)N1. The quantitative estimate of drug-likeness (QED) is 0.0278. The maximum atomic E-state index is 14.6. The Morgan fingerprint density at radius 1 is 0.718 bits per heavy atom. The van der Waals surface area contributed by atoms with Crippen LogP contribution < -0.4 is 48.3 Å². The first-order valence-electron chi connectivity index (χ1n) is 22.8. The molecule has 0 radical (unpaired) electrons. The van der Waals surface area contributed by atoms with Crippen LogP contribution in [0.5, 0.6) is 0 Å². The van der Waals surface area contributed by atoms with Gasteiger partial charge in [0.1, 0.15) is 42.3 Å². The molecule has 9 amide bonds. The summed E-state index contributed by atoms with van der Waals surface area (Å²) in [5.41, 5.74) is 8.00. The Morgan fingerprint density at radius 3 is 2.00 bits per heavy atom. The summed E-state index contributed by atoms with van der Waals surface area (Å²) in [6.07, 6.45) is 4.42. The van der Waals surface area contributed by atoms with Crippen molar-refractivity contribution in [3.63, 3.8) is 0 Å². The van der Waals surface area contributed by atoms with Crippen LogP contribution in [0, 0.1) is 5.41 Å². The second-order valence-corrected chi connectivity index (χ2v) is 19.7. The van der Waals surface area contributed by atoms with Crippen molar-refractivity contribution in [2.45, 2.75) is 101 Å². The lowest BCUT2D eigenvalue weighted by molar-refractivity contribution is -0.137. The van der Waals surface area contributed by atoms with Crippen molar-refractivity contribution < 1.29 is 43.2 Å². The first-order chi connectivity index (χ1) is 34.0. The number of rotatable bonds is 12. The molecular formula is C46H58N14O9S2. The molecule has 0 aliphatic carbocycles. The Labute approximate surface area is 416 Å². The third kappa shape index (κ3) is 14.6. The van der Waals surface area contributed by atoms with Crippen LogP contribution in [-0.2, 0) is 57.6 Å². The molecule has 2 aliphatic heterocycles. The number of nitrogens with one attached hydrogen (secondary N) is 11. The van der Waals surface area contributed by atoms with Gasteiger partial charge in [-0.25, -0.2) is 14.7 Å². The summed E-state index contributed by atoms with van der Waals surface area (Å²) < 4.78 is 0. The minimum atomic E-state index is -1.45. The standard InChI is InChI=1S/C46H58N14O9S2/c1-24-38(62)56-35(18-29-20-49-23-52-29)42(66)57-33(16-27-10-5-4-6-11-27)40(64)55-32(14-9-15-50-45(47)48)39(63)58-34(17-28-19-51-31-13-8-7-12-30(28)31)41(65)59-36(26(3)61)21-70-71-22-37(43(67)53-24)60-44(68)25(2)54-46(60)69/h4-8,10-13,19-20,23-25,32-37,51H,9,14-18,21-22H2,1-3H3,(H,49,52)(H,53,67)(H,54,69)(H,55,64)(H,56,62)(H,57,66)(H,58,63)(H,59,65)(H4,47,48,50)/t24-,25-,32+,33-,34+,35+,36+,37+/m1/s1. The van der Waals surface area contributed by atoms with Crippen LogP contribution in [-0.4, -0.2) is 145 Å². The van der Waals surface area contributed by atoms with E-state index in [0.717, 1.165) is 37.4 Å². The fraction of sp³-hybridized carbons (Fsp3) is 0.413. The number of imidazole rings is 1. The van der Waals surface area contributed by atoms with Crippen LogP contribution in [0.15, 0.2) is 73.3 Å². The molecule has 6 rings (SSSR count). The van der Waals surface area contributed by atoms with Crippen molar-refractivity contribution in [3.8, 4) is 0 Å². The number of amides is 9. The lowest BCUT2D eigenvalue weighted by Crippen LogP contribution is -2.60. The number of H-pyrrole nitrogens is 2. The third-order valence-electron chi connectivity index (χ3n) is 11.8. The second kappa shape index (κ2) is 24.9. The number of hydrogen-bond donors (Lipinski definition) is 12. The maximum absolute atomic E-state index is 14.6. The van der Waals surface area contributed by atoms with E-state index in [9.17, 15) is 43.2 Å². The summed E-state index contributed by atoms with van der Waals surface area (Å²) in [6, 6.07) is 5.00. The molecule has 25 heteroatoms. The highest BCUT2D eigenvalue weighted by atomic mass is 33.1. The van der Waals surface area contributed by atoms with Gasteiger partial charge in [-0.15, -0.1) is 0 Å². The molecule has 13 N–H and O–H groups in total. The topological polar surface area (TPSA) is 347 Å². The molecule has 0 saturated carbocycles. The zero-order valence-corrected chi connectivity index (χ0v) is 40.8. The van der Waals surface area contributed by atoms with E-state index in [1.807, 2.05) is 24.3 Å². The Bertz CT molecular complexity index is 2600. The van der Waals surface area contributed by atoms with Crippen LogP contribution in [0.3, 0.4) is 0 Å². The van der Waals surface area contributed by atoms with Crippen LogP contribution in [0.2, 0.25) is 0 Å². The minimum Gasteiger partial charge on any atom is -0.370 e. The molecule has 4 heterocycles. The number of para-hydroxylation sites is 1. The molecule has 2 aromatic carbocycles. The van der Waals surface area contributed by atoms with Gasteiger partial charge in [0.25, 0.3) is 5.91 Å². The zero-order valence-electron chi connectivity index (χ0n) is 39.2. The van der Waals surface area contributed by atoms with E-state index in [0.29, 0.717) is 16.8 Å². The molecule has 2 saturated heterocycles. The molecule has 4 aromatic rings. The van der Waals surface area contributed by atoms with E-state index in [2.05, 4.69) is 57.5 Å². The normalized spacial score (nSPS) is 24.7. The van der Waals surface area contributed by atoms with Crippen molar-refractivity contribution >= 4 is 91.6 Å². The molecule has 2 aromatic heterocycles. The fourth-order valence-corrected chi connectivity index (χ4v) is 10.3. The molecule has 8 atom stereocenters. The monoisotopic (exact) mass is 1010 g/mol. The van der Waals surface area contributed by atoms with Gasteiger partial charge in [-0.2, -0.15) is 0 Å². The smallest absolute Gasteiger partial charge is 0.325 e. The number of guanidine groups is 1. The van der Waals surface area contributed by atoms with E-state index in [4.69, 9.17) is 11.1 Å². The largest absolute Gasteiger partial charge is 0.370 e. The average molecular weight is 1020 g/mol. The molecular weight excluding hydrogens is 957 g/mol. The van der Waals surface area contributed by atoms with Gasteiger partial charge in [0, 0.05) is 66.3 Å². The van der Waals surface area contributed by atoms with Crippen LogP contribution in [0.25, 0.3) is 10.9 Å². The number of aromatic amines is 2. The Balaban J connectivity index is 1.38. The Kier molecular flexibility index (Phi) is 18.6. The summed E-state index contributed by atoms with van der Waals surface area (Å²) in [7, 11) is 2.11. The molecule has 23 nitrogen and oxygen atoms in total. The number of Topliss-reactive ketones (excluding diaryl/α,β-unsaturated/α-hetero) is 1. The molecule has 0 spiro atoms. The van der Waals surface area contributed by atoms with Gasteiger partial charge < -0.3 is 58.2 Å². The molecule has 0 bridgehead atoms. The number of carbonyl (C=O) groups is 9. The van der Waals surface area contributed by atoms with E-state index in [1.165, 1.54) is 33.3 Å². The van der Waals surface area contributed by atoms with E-state index >= 15 is 0 Å². The fourth-order valence-electron chi connectivity index (χ4n) is 7.85. The van der Waals surface area contributed by atoms with Crippen molar-refractivity contribution in [1.29, 1.82) is 5.41 Å². The van der Waals surface area contributed by atoms with Gasteiger partial charge in [-0.1, -0.05) is 70.1 Å². The zero-order chi connectivity index (χ0) is 51.2. The summed E-state index contributed by atoms with van der Waals surface area (Å²) in [6.45, 7) is 4.22. The van der Waals surface area contributed by atoms with Crippen molar-refractivity contribution in [3.05, 3.63) is 90.1 Å². The van der Waals surface area contributed by atoms with Crippen LogP contribution in [0.1, 0.15) is 50.4 Å². The van der Waals surface area contributed by atoms with Crippen LogP contribution >= 0.6 is 21.6 Å². The number of ketones is 1. The third-order valence-corrected chi connectivity index (χ3v) is 14.2. The number of carbonyl (C=O) groups excluding carboxylic acids is 9. The van der Waals surface area contributed by atoms with Crippen LogP contribution in [0.4, 0.5) is 4.79 Å². The number of nitrogens with two attached hydrogens (primary N) is 1. The average Bonchev–Trinajstić information content (AvgIpc) is 4.07.